The first-order chi connectivity index (χ1) is 9.95. The van der Waals surface area contributed by atoms with Crippen LogP contribution in [0.15, 0.2) is 42.5 Å². The summed E-state index contributed by atoms with van der Waals surface area (Å²) in [5, 5.41) is 10.2. The molecule has 0 saturated carbocycles. The van der Waals surface area contributed by atoms with E-state index in [0.717, 1.165) is 22.3 Å². The standard InChI is InChI=1S/C18H19ClO2/c1-12-3-4-13(2)15(9-12)11-16(18(20)21)10-14-5-7-17(19)8-6-14/h3-9,16H,10-11H2,1-2H3,(H,20,21). The van der Waals surface area contributed by atoms with Gasteiger partial charge >= 0.3 is 5.97 Å². The monoisotopic (exact) mass is 302 g/mol. The number of halogens is 1. The smallest absolute Gasteiger partial charge is 0.307 e. The Bertz CT molecular complexity index is 632. The topological polar surface area (TPSA) is 37.3 Å². The van der Waals surface area contributed by atoms with Gasteiger partial charge in [0.1, 0.15) is 0 Å². The van der Waals surface area contributed by atoms with Gasteiger partial charge in [0.05, 0.1) is 5.92 Å². The molecule has 0 aromatic heterocycles. The normalized spacial score (nSPS) is 12.1. The van der Waals surface area contributed by atoms with Crippen molar-refractivity contribution >= 4 is 17.6 Å². The van der Waals surface area contributed by atoms with Gasteiger partial charge in [0, 0.05) is 5.02 Å². The fraction of sp³-hybridized carbons (Fsp3) is 0.278. The maximum absolute atomic E-state index is 11.5. The predicted octanol–water partition coefficient (Wildman–Crippen LogP) is 4.44. The highest BCUT2D eigenvalue weighted by molar-refractivity contribution is 6.30. The zero-order valence-corrected chi connectivity index (χ0v) is 13.0. The number of carboxylic acids is 1. The van der Waals surface area contributed by atoms with Gasteiger partial charge in [-0.15, -0.1) is 0 Å². The third-order valence-corrected chi connectivity index (χ3v) is 3.97. The molecule has 0 aliphatic carbocycles. The van der Waals surface area contributed by atoms with E-state index in [1.165, 1.54) is 0 Å². The van der Waals surface area contributed by atoms with E-state index in [2.05, 4.69) is 6.07 Å². The van der Waals surface area contributed by atoms with E-state index in [1.807, 2.05) is 38.1 Å². The van der Waals surface area contributed by atoms with Crippen molar-refractivity contribution in [2.24, 2.45) is 5.92 Å². The Labute approximate surface area is 130 Å². The third-order valence-electron chi connectivity index (χ3n) is 3.72. The van der Waals surface area contributed by atoms with E-state index in [-0.39, 0.29) is 0 Å². The lowest BCUT2D eigenvalue weighted by molar-refractivity contribution is -0.141. The Hall–Kier alpha value is -1.80. The van der Waals surface area contributed by atoms with Crippen molar-refractivity contribution in [2.45, 2.75) is 26.7 Å². The summed E-state index contributed by atoms with van der Waals surface area (Å²) in [5.74, 6) is -1.18. The molecule has 3 heteroatoms. The lowest BCUT2D eigenvalue weighted by Crippen LogP contribution is -2.19. The van der Waals surface area contributed by atoms with Gasteiger partial charge in [-0.25, -0.2) is 0 Å². The van der Waals surface area contributed by atoms with E-state index in [1.54, 1.807) is 12.1 Å². The average Bonchev–Trinajstić information content (AvgIpc) is 2.44. The van der Waals surface area contributed by atoms with Gasteiger partial charge in [0.2, 0.25) is 0 Å². The second kappa shape index (κ2) is 6.77. The van der Waals surface area contributed by atoms with Crippen LogP contribution >= 0.6 is 11.6 Å². The highest BCUT2D eigenvalue weighted by Crippen LogP contribution is 2.20. The second-order valence-electron chi connectivity index (χ2n) is 5.50. The van der Waals surface area contributed by atoms with E-state index in [9.17, 15) is 9.90 Å². The lowest BCUT2D eigenvalue weighted by Gasteiger charge is -2.15. The van der Waals surface area contributed by atoms with Gasteiger partial charge in [-0.3, -0.25) is 4.79 Å². The molecule has 2 aromatic rings. The Morgan fingerprint density at radius 3 is 2.38 bits per heavy atom. The summed E-state index contributed by atoms with van der Waals surface area (Å²) in [5.41, 5.74) is 4.41. The zero-order chi connectivity index (χ0) is 15.4. The van der Waals surface area contributed by atoms with Crippen molar-refractivity contribution in [3.63, 3.8) is 0 Å². The molecule has 0 aliphatic heterocycles. The molecule has 0 aliphatic rings. The summed E-state index contributed by atoms with van der Waals surface area (Å²) in [4.78, 5) is 11.5. The first-order valence-corrected chi connectivity index (χ1v) is 7.37. The van der Waals surface area contributed by atoms with Crippen LogP contribution in [0.25, 0.3) is 0 Å². The van der Waals surface area contributed by atoms with Crippen LogP contribution in [0.3, 0.4) is 0 Å². The van der Waals surface area contributed by atoms with Crippen LogP contribution in [-0.4, -0.2) is 11.1 Å². The zero-order valence-electron chi connectivity index (χ0n) is 12.3. The van der Waals surface area contributed by atoms with Crippen molar-refractivity contribution in [1.29, 1.82) is 0 Å². The predicted molar refractivity (Wildman–Crippen MR) is 85.9 cm³/mol. The molecule has 2 rings (SSSR count). The summed E-state index contributed by atoms with van der Waals surface area (Å²) < 4.78 is 0. The molecule has 0 fully saturated rings. The quantitative estimate of drug-likeness (QED) is 0.886. The van der Waals surface area contributed by atoms with Crippen LogP contribution in [-0.2, 0) is 17.6 Å². The summed E-state index contributed by atoms with van der Waals surface area (Å²) in [6.45, 7) is 4.05. The fourth-order valence-electron chi connectivity index (χ4n) is 2.44. The molecular formula is C18H19ClO2. The van der Waals surface area contributed by atoms with Gasteiger partial charge in [0.15, 0.2) is 0 Å². The first-order valence-electron chi connectivity index (χ1n) is 6.99. The summed E-state index contributed by atoms with van der Waals surface area (Å²) in [7, 11) is 0. The third kappa shape index (κ3) is 4.33. The van der Waals surface area contributed by atoms with Gasteiger partial charge in [-0.1, -0.05) is 47.5 Å². The number of aliphatic carboxylic acids is 1. The van der Waals surface area contributed by atoms with Crippen molar-refractivity contribution in [2.75, 3.05) is 0 Å². The largest absolute Gasteiger partial charge is 0.481 e. The van der Waals surface area contributed by atoms with Crippen LogP contribution in [0.4, 0.5) is 0 Å². The molecule has 0 bridgehead atoms. The van der Waals surface area contributed by atoms with Crippen LogP contribution in [0.5, 0.6) is 0 Å². The van der Waals surface area contributed by atoms with Crippen molar-refractivity contribution in [1.82, 2.24) is 0 Å². The number of benzene rings is 2. The van der Waals surface area contributed by atoms with Crippen LogP contribution in [0.1, 0.15) is 22.3 Å². The van der Waals surface area contributed by atoms with Crippen molar-refractivity contribution in [3.8, 4) is 0 Å². The number of carboxylic acid groups (broad SMARTS) is 1. The summed E-state index contributed by atoms with van der Waals surface area (Å²) >= 11 is 5.86. The molecule has 0 heterocycles. The van der Waals surface area contributed by atoms with Crippen molar-refractivity contribution < 1.29 is 9.90 Å². The van der Waals surface area contributed by atoms with Crippen LogP contribution < -0.4 is 0 Å². The van der Waals surface area contributed by atoms with E-state index in [4.69, 9.17) is 11.6 Å². The van der Waals surface area contributed by atoms with Crippen molar-refractivity contribution in [3.05, 3.63) is 69.7 Å². The molecule has 1 N–H and O–H groups in total. The SMILES string of the molecule is Cc1ccc(C)c(CC(Cc2ccc(Cl)cc2)C(=O)O)c1. The average molecular weight is 303 g/mol. The number of hydrogen-bond acceptors (Lipinski definition) is 1. The molecule has 1 atom stereocenters. The van der Waals surface area contributed by atoms with Gasteiger partial charge in [-0.05, 0) is 55.5 Å². The Kier molecular flexibility index (Phi) is 5.03. The minimum absolute atomic E-state index is 0.424. The first kappa shape index (κ1) is 15.6. The van der Waals surface area contributed by atoms with E-state index < -0.39 is 11.9 Å². The molecule has 1 unspecified atom stereocenters. The number of rotatable bonds is 5. The molecule has 2 aromatic carbocycles. The minimum atomic E-state index is -0.758. The summed E-state index contributed by atoms with van der Waals surface area (Å²) in [6.07, 6.45) is 1.06. The van der Waals surface area contributed by atoms with Gasteiger partial charge < -0.3 is 5.11 Å². The molecule has 21 heavy (non-hydrogen) atoms. The highest BCUT2D eigenvalue weighted by Gasteiger charge is 2.19. The molecule has 0 radical (unpaired) electrons. The Morgan fingerprint density at radius 2 is 1.76 bits per heavy atom. The maximum Gasteiger partial charge on any atom is 0.307 e. The van der Waals surface area contributed by atoms with E-state index >= 15 is 0 Å². The molecule has 2 nitrogen and oxygen atoms in total. The fourth-order valence-corrected chi connectivity index (χ4v) is 2.56. The molecule has 110 valence electrons. The Balaban J connectivity index is 2.17. The summed E-state index contributed by atoms with van der Waals surface area (Å²) in [6, 6.07) is 13.6. The lowest BCUT2D eigenvalue weighted by atomic mass is 9.90. The number of aryl methyl sites for hydroxylation is 2. The minimum Gasteiger partial charge on any atom is -0.481 e. The van der Waals surface area contributed by atoms with Crippen LogP contribution in [0, 0.1) is 19.8 Å². The van der Waals surface area contributed by atoms with Gasteiger partial charge in [0.25, 0.3) is 0 Å². The van der Waals surface area contributed by atoms with E-state index in [0.29, 0.717) is 17.9 Å². The maximum atomic E-state index is 11.5. The molecular weight excluding hydrogens is 284 g/mol. The molecule has 0 amide bonds. The molecule has 0 saturated heterocycles. The number of carbonyl (C=O) groups is 1. The Morgan fingerprint density at radius 1 is 1.10 bits per heavy atom. The van der Waals surface area contributed by atoms with Gasteiger partial charge in [-0.2, -0.15) is 0 Å². The molecule has 0 spiro atoms. The second-order valence-corrected chi connectivity index (χ2v) is 5.94. The number of hydrogen-bond donors (Lipinski definition) is 1. The highest BCUT2D eigenvalue weighted by atomic mass is 35.5. The van der Waals surface area contributed by atoms with Crippen LogP contribution in [0.2, 0.25) is 5.02 Å².